The van der Waals surface area contributed by atoms with Crippen LogP contribution in [0.3, 0.4) is 0 Å². The van der Waals surface area contributed by atoms with Gasteiger partial charge in [-0.3, -0.25) is 14.4 Å². The second-order valence-electron chi connectivity index (χ2n) is 7.45. The molecule has 0 N–H and O–H groups in total. The standard InChI is InChI=1S/C14H2F16O4/c15-1-34-8-12(25,26)5(2(16)31)9(19,20)6(3(17)32,13(8,27)28)11(23,24)7(4(18)33,10(5,21)22)14(8,29)30/h1H2. The van der Waals surface area contributed by atoms with Crippen molar-refractivity contribution in [1.29, 1.82) is 0 Å². The van der Waals surface area contributed by atoms with Crippen molar-refractivity contribution in [3.63, 3.8) is 0 Å². The third-order valence-electron chi connectivity index (χ3n) is 6.72. The summed E-state index contributed by atoms with van der Waals surface area (Å²) in [5.41, 5.74) is -30.7. The lowest BCUT2D eigenvalue weighted by molar-refractivity contribution is -0.609. The van der Waals surface area contributed by atoms with E-state index in [0.29, 0.717) is 0 Å². The Morgan fingerprint density at radius 3 is 0.824 bits per heavy atom. The summed E-state index contributed by atoms with van der Waals surface area (Å²) in [5, 5.41) is 0. The van der Waals surface area contributed by atoms with Crippen molar-refractivity contribution in [2.45, 2.75) is 41.1 Å². The normalized spacial score (nSPS) is 43.4. The molecule has 0 aromatic heterocycles. The molecule has 0 aromatic rings. The summed E-state index contributed by atoms with van der Waals surface area (Å²) in [5.74, 6) is -48.3. The molecule has 4 fully saturated rings. The molecule has 0 heterocycles. The van der Waals surface area contributed by atoms with Crippen LogP contribution in [-0.2, 0) is 19.1 Å². The van der Waals surface area contributed by atoms with Gasteiger partial charge in [-0.1, -0.05) is 0 Å². The molecule has 4 rings (SSSR count). The van der Waals surface area contributed by atoms with Gasteiger partial charge in [-0.05, 0) is 0 Å². The van der Waals surface area contributed by atoms with Gasteiger partial charge >= 0.3 is 53.6 Å². The van der Waals surface area contributed by atoms with Gasteiger partial charge in [-0.15, -0.1) is 0 Å². The van der Waals surface area contributed by atoms with Crippen LogP contribution in [0, 0.1) is 16.2 Å². The number of carbonyl (C=O) groups excluding carboxylic acids is 3. The van der Waals surface area contributed by atoms with Crippen LogP contribution in [0.25, 0.3) is 0 Å². The molecule has 34 heavy (non-hydrogen) atoms. The SMILES string of the molecule is O=C(F)C12C(F)(F)C3(OCF)C(F)(F)C(C(=O)F)(C1(F)F)C(F)(F)C(C(=O)F)(C3(F)F)C2(F)F. The second kappa shape index (κ2) is 5.80. The van der Waals surface area contributed by atoms with Crippen molar-refractivity contribution in [2.24, 2.45) is 16.2 Å². The third-order valence-corrected chi connectivity index (χ3v) is 6.72. The van der Waals surface area contributed by atoms with Crippen molar-refractivity contribution in [2.75, 3.05) is 6.86 Å². The minimum atomic E-state index is -8.13. The topological polar surface area (TPSA) is 60.4 Å². The molecule has 0 aliphatic heterocycles. The zero-order chi connectivity index (χ0) is 27.1. The summed E-state index contributed by atoms with van der Waals surface area (Å²) >= 11 is 0. The minimum Gasteiger partial charge on any atom is -0.326 e. The highest BCUT2D eigenvalue weighted by atomic mass is 19.3. The molecule has 0 aromatic carbocycles. The highest BCUT2D eigenvalue weighted by Gasteiger charge is 3.24. The van der Waals surface area contributed by atoms with Crippen LogP contribution in [0.4, 0.5) is 70.2 Å². The highest BCUT2D eigenvalue weighted by Crippen LogP contribution is 2.94. The van der Waals surface area contributed by atoms with Crippen molar-refractivity contribution >= 4 is 18.1 Å². The molecule has 4 bridgehead atoms. The van der Waals surface area contributed by atoms with Gasteiger partial charge in [-0.25, -0.2) is 57.1 Å². The maximum Gasteiger partial charge on any atom is 0.326 e. The fraction of sp³-hybridized carbons (Fsp3) is 0.786. The van der Waals surface area contributed by atoms with Crippen LogP contribution in [-0.4, -0.2) is 66.1 Å². The number of ether oxygens (including phenoxy) is 1. The molecule has 0 spiro atoms. The molecule has 0 atom stereocenters. The molecule has 0 saturated heterocycles. The molecule has 4 aliphatic carbocycles. The first-order chi connectivity index (χ1) is 14.9. The van der Waals surface area contributed by atoms with E-state index in [1.807, 2.05) is 0 Å². The number of halogens is 16. The molecule has 20 heteroatoms. The Kier molecular flexibility index (Phi) is 4.51. The smallest absolute Gasteiger partial charge is 0.326 e. The van der Waals surface area contributed by atoms with Gasteiger partial charge in [0, 0.05) is 0 Å². The number of hydrogen-bond donors (Lipinski definition) is 0. The number of carbonyl (C=O) groups is 3. The van der Waals surface area contributed by atoms with Gasteiger partial charge in [0.25, 0.3) is 21.8 Å². The zero-order valence-corrected chi connectivity index (χ0v) is 14.9. The van der Waals surface area contributed by atoms with Gasteiger partial charge in [-0.2, -0.15) is 13.2 Å². The summed E-state index contributed by atoms with van der Waals surface area (Å²) in [6, 6.07) is -15.5. The fourth-order valence-corrected chi connectivity index (χ4v) is 5.47. The first-order valence-corrected chi connectivity index (χ1v) is 7.96. The largest absolute Gasteiger partial charge is 0.326 e. The Balaban J connectivity index is 2.96. The van der Waals surface area contributed by atoms with E-state index in [9.17, 15) is 84.6 Å². The molecule has 4 saturated carbocycles. The Morgan fingerprint density at radius 1 is 0.471 bits per heavy atom. The first kappa shape index (κ1) is 26.5. The monoisotopic (exact) mass is 538 g/mol. The molecule has 0 radical (unpaired) electrons. The van der Waals surface area contributed by atoms with Crippen LogP contribution in [0.2, 0.25) is 0 Å². The lowest BCUT2D eigenvalue weighted by atomic mass is 9.29. The molecule has 4 nitrogen and oxygen atoms in total. The van der Waals surface area contributed by atoms with Crippen LogP contribution in [0.15, 0.2) is 0 Å². The number of alkyl halides is 13. The number of rotatable bonds is 5. The van der Waals surface area contributed by atoms with E-state index in [1.165, 1.54) is 0 Å². The van der Waals surface area contributed by atoms with Crippen molar-refractivity contribution in [1.82, 2.24) is 0 Å². The van der Waals surface area contributed by atoms with Crippen LogP contribution in [0.1, 0.15) is 0 Å². The number of hydrogen-bond acceptors (Lipinski definition) is 4. The predicted molar refractivity (Wildman–Crippen MR) is 65.1 cm³/mol. The summed E-state index contributed by atoms with van der Waals surface area (Å²) in [6.07, 6.45) is 0. The molecule has 4 aliphatic rings. The Bertz CT molecular complexity index is 876. The maximum atomic E-state index is 15.0. The fourth-order valence-electron chi connectivity index (χ4n) is 5.47. The van der Waals surface area contributed by atoms with E-state index in [0.717, 1.165) is 0 Å². The van der Waals surface area contributed by atoms with Crippen molar-refractivity contribution in [3.8, 4) is 0 Å². The van der Waals surface area contributed by atoms with E-state index < -0.39 is 82.4 Å². The molecular formula is C14H2F16O4. The lowest BCUT2D eigenvalue weighted by Crippen LogP contribution is -3.08. The Labute approximate surface area is 173 Å². The lowest BCUT2D eigenvalue weighted by Gasteiger charge is -2.77. The van der Waals surface area contributed by atoms with Crippen LogP contribution in [0.5, 0.6) is 0 Å². The van der Waals surface area contributed by atoms with Crippen molar-refractivity contribution < 1.29 is 89.4 Å². The van der Waals surface area contributed by atoms with Crippen molar-refractivity contribution in [3.05, 3.63) is 0 Å². The average Bonchev–Trinajstić information content (AvgIpc) is 2.53. The second-order valence-corrected chi connectivity index (χ2v) is 7.45. The van der Waals surface area contributed by atoms with E-state index in [4.69, 9.17) is 0 Å². The first-order valence-electron chi connectivity index (χ1n) is 7.96. The van der Waals surface area contributed by atoms with Gasteiger partial charge in [0.15, 0.2) is 6.86 Å². The molecule has 0 amide bonds. The minimum absolute atomic E-state index is 2.62. The van der Waals surface area contributed by atoms with Crippen LogP contribution >= 0.6 is 0 Å². The van der Waals surface area contributed by atoms with Gasteiger partial charge in [0.2, 0.25) is 0 Å². The molecule has 0 unspecified atom stereocenters. The van der Waals surface area contributed by atoms with Gasteiger partial charge in [0.1, 0.15) is 0 Å². The molecule has 194 valence electrons. The van der Waals surface area contributed by atoms with E-state index in [1.54, 1.807) is 0 Å². The van der Waals surface area contributed by atoms with E-state index in [-0.39, 0.29) is 0 Å². The summed E-state index contributed by atoms with van der Waals surface area (Å²) < 4.78 is 236. The summed E-state index contributed by atoms with van der Waals surface area (Å²) in [7, 11) is 0. The third kappa shape index (κ3) is 1.52. The van der Waals surface area contributed by atoms with Gasteiger partial charge in [0.05, 0.1) is 0 Å². The average molecular weight is 538 g/mol. The Hall–Kier alpha value is -2.15. The van der Waals surface area contributed by atoms with Gasteiger partial charge < -0.3 is 4.74 Å². The predicted octanol–water partition coefficient (Wildman–Crippen LogP) is 3.97. The maximum absolute atomic E-state index is 15.0. The summed E-state index contributed by atoms with van der Waals surface area (Å²) in [4.78, 5) is 33.6. The zero-order valence-electron chi connectivity index (χ0n) is 14.9. The Morgan fingerprint density at radius 2 is 0.676 bits per heavy atom. The molecular weight excluding hydrogens is 536 g/mol. The highest BCUT2D eigenvalue weighted by molar-refractivity contribution is 5.96. The van der Waals surface area contributed by atoms with E-state index in [2.05, 4.69) is 4.74 Å². The summed E-state index contributed by atoms with van der Waals surface area (Å²) in [6.45, 7) is -3.60. The van der Waals surface area contributed by atoms with E-state index >= 15 is 0 Å². The quantitative estimate of drug-likeness (QED) is 0.393. The van der Waals surface area contributed by atoms with Crippen LogP contribution < -0.4 is 0 Å².